The topological polar surface area (TPSA) is 54.6 Å². The molecule has 0 saturated carbocycles. The summed E-state index contributed by atoms with van der Waals surface area (Å²) < 4.78 is 11.3. The minimum Gasteiger partial charge on any atom is -0.497 e. The molecule has 6 heteroatoms. The van der Waals surface area contributed by atoms with Gasteiger partial charge in [-0.1, -0.05) is 29.8 Å². The summed E-state index contributed by atoms with van der Waals surface area (Å²) in [4.78, 5) is 18.3. The standard InChI is InChI=1S/C22H23ClN2O3/c1-14-13-28-21(17-5-3-4-6-19(17)23)12-25(14)22(26)9-15-11-24-20-8-7-16(27-2)10-18(15)20/h3-8,10-11,14,21,24H,9,12-13H2,1-2H3/t14-,21+/m1/s1. The van der Waals surface area contributed by atoms with Gasteiger partial charge in [0.1, 0.15) is 11.9 Å². The molecule has 0 bridgehead atoms. The lowest BCUT2D eigenvalue weighted by Gasteiger charge is -2.38. The molecule has 1 amide bonds. The van der Waals surface area contributed by atoms with E-state index < -0.39 is 0 Å². The fraction of sp³-hybridized carbons (Fsp3) is 0.318. The van der Waals surface area contributed by atoms with Gasteiger partial charge in [-0.3, -0.25) is 4.79 Å². The highest BCUT2D eigenvalue weighted by Crippen LogP contribution is 2.31. The number of carbonyl (C=O) groups excluding carboxylic acids is 1. The number of aromatic amines is 1. The molecule has 0 unspecified atom stereocenters. The highest BCUT2D eigenvalue weighted by atomic mass is 35.5. The highest BCUT2D eigenvalue weighted by Gasteiger charge is 2.31. The zero-order valence-electron chi connectivity index (χ0n) is 15.9. The number of methoxy groups -OCH3 is 1. The molecule has 1 aliphatic rings. The van der Waals surface area contributed by atoms with Crippen LogP contribution < -0.4 is 4.74 Å². The smallest absolute Gasteiger partial charge is 0.227 e. The Labute approximate surface area is 169 Å². The van der Waals surface area contributed by atoms with E-state index in [0.29, 0.717) is 24.6 Å². The molecule has 4 rings (SSSR count). The molecule has 1 aromatic heterocycles. The quantitative estimate of drug-likeness (QED) is 0.710. The summed E-state index contributed by atoms with van der Waals surface area (Å²) in [5.74, 6) is 0.857. The average molecular weight is 399 g/mol. The summed E-state index contributed by atoms with van der Waals surface area (Å²) in [6.45, 7) is 3.00. The van der Waals surface area contributed by atoms with Gasteiger partial charge >= 0.3 is 0 Å². The van der Waals surface area contributed by atoms with Crippen molar-refractivity contribution in [2.45, 2.75) is 25.5 Å². The third-order valence-electron chi connectivity index (χ3n) is 5.32. The zero-order valence-corrected chi connectivity index (χ0v) is 16.7. The number of benzene rings is 2. The van der Waals surface area contributed by atoms with Crippen molar-refractivity contribution < 1.29 is 14.3 Å². The number of H-pyrrole nitrogens is 1. The van der Waals surface area contributed by atoms with E-state index in [-0.39, 0.29) is 18.1 Å². The van der Waals surface area contributed by atoms with Crippen molar-refractivity contribution >= 4 is 28.4 Å². The van der Waals surface area contributed by atoms with Gasteiger partial charge in [-0.05, 0) is 36.8 Å². The van der Waals surface area contributed by atoms with Crippen LogP contribution in [0.4, 0.5) is 0 Å². The molecule has 2 heterocycles. The first kappa shape index (κ1) is 18.8. The van der Waals surface area contributed by atoms with Gasteiger partial charge in [-0.25, -0.2) is 0 Å². The number of nitrogens with one attached hydrogen (secondary N) is 1. The maximum Gasteiger partial charge on any atom is 0.227 e. The molecule has 3 aromatic rings. The average Bonchev–Trinajstić information content (AvgIpc) is 3.10. The lowest BCUT2D eigenvalue weighted by Crippen LogP contribution is -2.48. The van der Waals surface area contributed by atoms with Gasteiger partial charge in [0.05, 0.1) is 32.7 Å². The van der Waals surface area contributed by atoms with Crippen LogP contribution in [0.1, 0.15) is 24.2 Å². The Morgan fingerprint density at radius 2 is 2.14 bits per heavy atom. The van der Waals surface area contributed by atoms with E-state index in [1.807, 2.05) is 60.5 Å². The number of aromatic nitrogens is 1. The van der Waals surface area contributed by atoms with E-state index in [9.17, 15) is 4.79 Å². The molecule has 2 aromatic carbocycles. The number of ether oxygens (including phenoxy) is 2. The third kappa shape index (κ3) is 3.60. The molecule has 5 nitrogen and oxygen atoms in total. The molecule has 146 valence electrons. The van der Waals surface area contributed by atoms with Crippen molar-refractivity contribution in [1.82, 2.24) is 9.88 Å². The van der Waals surface area contributed by atoms with Crippen molar-refractivity contribution in [2.24, 2.45) is 0 Å². The summed E-state index contributed by atoms with van der Waals surface area (Å²) in [5.41, 5.74) is 2.88. The first-order valence-corrected chi connectivity index (χ1v) is 9.74. The Balaban J connectivity index is 1.54. The Bertz CT molecular complexity index is 1000. The molecule has 1 fully saturated rings. The van der Waals surface area contributed by atoms with Crippen LogP contribution in [-0.2, 0) is 16.0 Å². The number of hydrogen-bond acceptors (Lipinski definition) is 3. The van der Waals surface area contributed by atoms with Crippen molar-refractivity contribution in [2.75, 3.05) is 20.3 Å². The predicted octanol–water partition coefficient (Wildman–Crippen LogP) is 4.36. The molecule has 0 radical (unpaired) electrons. The summed E-state index contributed by atoms with van der Waals surface area (Å²) >= 11 is 6.33. The Kier molecular flexibility index (Phi) is 5.29. The van der Waals surface area contributed by atoms with Crippen molar-refractivity contribution in [3.05, 3.63) is 64.8 Å². The van der Waals surface area contributed by atoms with E-state index in [1.165, 1.54) is 0 Å². The van der Waals surface area contributed by atoms with E-state index >= 15 is 0 Å². The molecule has 0 spiro atoms. The summed E-state index contributed by atoms with van der Waals surface area (Å²) in [5, 5.41) is 1.68. The van der Waals surface area contributed by atoms with Crippen molar-refractivity contribution in [1.29, 1.82) is 0 Å². The zero-order chi connectivity index (χ0) is 19.7. The van der Waals surface area contributed by atoms with Crippen LogP contribution in [0.3, 0.4) is 0 Å². The van der Waals surface area contributed by atoms with Crippen molar-refractivity contribution in [3.63, 3.8) is 0 Å². The molecule has 2 atom stereocenters. The lowest BCUT2D eigenvalue weighted by molar-refractivity contribution is -0.143. The Morgan fingerprint density at radius 1 is 1.32 bits per heavy atom. The fourth-order valence-corrected chi connectivity index (χ4v) is 3.98. The van der Waals surface area contributed by atoms with Crippen LogP contribution in [0.5, 0.6) is 5.75 Å². The van der Waals surface area contributed by atoms with Crippen molar-refractivity contribution in [3.8, 4) is 5.75 Å². The lowest BCUT2D eigenvalue weighted by atomic mass is 10.0. The minimum atomic E-state index is -0.211. The third-order valence-corrected chi connectivity index (χ3v) is 5.67. The van der Waals surface area contributed by atoms with E-state index in [2.05, 4.69) is 4.98 Å². The Morgan fingerprint density at radius 3 is 2.93 bits per heavy atom. The summed E-state index contributed by atoms with van der Waals surface area (Å²) in [7, 11) is 1.64. The number of fused-ring (bicyclic) bond motifs is 1. The number of morpholine rings is 1. The minimum absolute atomic E-state index is 0.0194. The van der Waals surface area contributed by atoms with Crippen LogP contribution in [0.25, 0.3) is 10.9 Å². The SMILES string of the molecule is COc1ccc2[nH]cc(CC(=O)N3C[C@@H](c4ccccc4Cl)OC[C@H]3C)c2c1. The number of halogens is 1. The first-order chi connectivity index (χ1) is 13.6. The van der Waals surface area contributed by atoms with Gasteiger partial charge in [-0.15, -0.1) is 0 Å². The molecular weight excluding hydrogens is 376 g/mol. The second kappa shape index (κ2) is 7.86. The molecule has 1 saturated heterocycles. The van der Waals surface area contributed by atoms with Crippen LogP contribution in [0.15, 0.2) is 48.7 Å². The summed E-state index contributed by atoms with van der Waals surface area (Å²) in [6, 6.07) is 13.5. The largest absolute Gasteiger partial charge is 0.497 e. The number of hydrogen-bond donors (Lipinski definition) is 1. The molecule has 28 heavy (non-hydrogen) atoms. The molecular formula is C22H23ClN2O3. The van der Waals surface area contributed by atoms with Gasteiger partial charge in [-0.2, -0.15) is 0 Å². The Hall–Kier alpha value is -2.50. The van der Waals surface area contributed by atoms with Crippen LogP contribution in [-0.4, -0.2) is 42.1 Å². The second-order valence-corrected chi connectivity index (χ2v) is 7.55. The maximum atomic E-state index is 13.1. The number of amides is 1. The predicted molar refractivity (Wildman–Crippen MR) is 110 cm³/mol. The van der Waals surface area contributed by atoms with E-state index in [0.717, 1.165) is 27.8 Å². The fourth-order valence-electron chi connectivity index (χ4n) is 3.72. The summed E-state index contributed by atoms with van der Waals surface area (Å²) in [6.07, 6.45) is 2.02. The van der Waals surface area contributed by atoms with E-state index in [1.54, 1.807) is 7.11 Å². The van der Waals surface area contributed by atoms with Crippen LogP contribution in [0, 0.1) is 0 Å². The highest BCUT2D eigenvalue weighted by molar-refractivity contribution is 6.31. The van der Waals surface area contributed by atoms with Gasteiger partial charge in [0, 0.05) is 27.7 Å². The number of rotatable bonds is 4. The van der Waals surface area contributed by atoms with Crippen LogP contribution >= 0.6 is 11.6 Å². The molecule has 1 N–H and O–H groups in total. The van der Waals surface area contributed by atoms with Gasteiger partial charge in [0.15, 0.2) is 0 Å². The molecule has 1 aliphatic heterocycles. The number of carbonyl (C=O) groups is 1. The monoisotopic (exact) mass is 398 g/mol. The first-order valence-electron chi connectivity index (χ1n) is 9.36. The maximum absolute atomic E-state index is 13.1. The van der Waals surface area contributed by atoms with Gasteiger partial charge in [0.25, 0.3) is 0 Å². The normalized spacial score (nSPS) is 19.8. The van der Waals surface area contributed by atoms with E-state index in [4.69, 9.17) is 21.1 Å². The second-order valence-electron chi connectivity index (χ2n) is 7.14. The molecule has 0 aliphatic carbocycles. The van der Waals surface area contributed by atoms with Gasteiger partial charge in [0.2, 0.25) is 5.91 Å². The van der Waals surface area contributed by atoms with Gasteiger partial charge < -0.3 is 19.4 Å². The number of nitrogens with zero attached hydrogens (tertiary/aromatic N) is 1. The van der Waals surface area contributed by atoms with Crippen LogP contribution in [0.2, 0.25) is 5.02 Å².